The maximum absolute atomic E-state index is 13.9. The van der Waals surface area contributed by atoms with Gasteiger partial charge in [0.15, 0.2) is 11.6 Å². The Kier molecular flexibility index (Phi) is 6.65. The van der Waals surface area contributed by atoms with Crippen LogP contribution < -0.4 is 5.32 Å². The molecule has 0 spiro atoms. The van der Waals surface area contributed by atoms with Gasteiger partial charge in [-0.1, -0.05) is 62.8 Å². The van der Waals surface area contributed by atoms with Gasteiger partial charge in [0, 0.05) is 5.92 Å². The van der Waals surface area contributed by atoms with E-state index in [9.17, 15) is 8.78 Å². The van der Waals surface area contributed by atoms with Crippen molar-refractivity contribution in [3.8, 4) is 0 Å². The highest BCUT2D eigenvalue weighted by Gasteiger charge is 2.36. The summed E-state index contributed by atoms with van der Waals surface area (Å²) in [6, 6.07) is 12.6. The van der Waals surface area contributed by atoms with Crippen LogP contribution in [0, 0.1) is 11.6 Å². The summed E-state index contributed by atoms with van der Waals surface area (Å²) in [5.41, 5.74) is 3.96. The average Bonchev–Trinajstić information content (AvgIpc) is 2.62. The molecule has 1 N–H and O–H groups in total. The Bertz CT molecular complexity index is 714. The molecule has 0 heterocycles. The molecule has 0 bridgehead atoms. The third-order valence-electron chi connectivity index (χ3n) is 4.94. The van der Waals surface area contributed by atoms with E-state index in [0.717, 1.165) is 24.8 Å². The number of hydrogen-bond donors (Lipinski definition) is 1. The molecule has 2 unspecified atom stereocenters. The number of halogens is 2. The number of benzene rings is 2. The zero-order valence-corrected chi connectivity index (χ0v) is 15.8. The smallest absolute Gasteiger partial charge is 0.159 e. The second-order valence-corrected chi connectivity index (χ2v) is 6.77. The second kappa shape index (κ2) is 8.52. The topological polar surface area (TPSA) is 12.0 Å². The van der Waals surface area contributed by atoms with Crippen molar-refractivity contribution in [2.45, 2.75) is 51.5 Å². The lowest BCUT2D eigenvalue weighted by Crippen LogP contribution is -2.44. The molecule has 0 saturated carbocycles. The van der Waals surface area contributed by atoms with E-state index in [1.807, 2.05) is 6.92 Å². The highest BCUT2D eigenvalue weighted by molar-refractivity contribution is 7.78. The fourth-order valence-electron chi connectivity index (χ4n) is 3.39. The zero-order chi connectivity index (χ0) is 18.4. The number of thiocarbonyl (C=S) groups is 1. The number of aryl methyl sites for hydroxylation is 1. The first-order valence-electron chi connectivity index (χ1n) is 8.72. The molecule has 0 aliphatic rings. The van der Waals surface area contributed by atoms with Crippen LogP contribution in [-0.4, -0.2) is 5.49 Å². The van der Waals surface area contributed by atoms with Crippen LogP contribution in [-0.2, 0) is 12.0 Å². The standard InChI is InChI=1S/C21H25F2NS/c1-4-6-18(16-9-7-15(5-2)8-10-16)21(3,24-14-25)17-11-12-19(22)20(23)13-17/h7-14,18H,4-6H2,1-3H3,(H,24,25). The summed E-state index contributed by atoms with van der Waals surface area (Å²) in [7, 11) is 0. The lowest BCUT2D eigenvalue weighted by Gasteiger charge is -2.39. The van der Waals surface area contributed by atoms with Crippen molar-refractivity contribution >= 4 is 17.7 Å². The molecule has 0 aliphatic heterocycles. The number of nitrogens with one attached hydrogen (secondary N) is 1. The van der Waals surface area contributed by atoms with Crippen LogP contribution in [0.2, 0.25) is 0 Å². The van der Waals surface area contributed by atoms with Gasteiger partial charge in [-0.2, -0.15) is 0 Å². The average molecular weight is 362 g/mol. The van der Waals surface area contributed by atoms with Crippen LogP contribution in [0.3, 0.4) is 0 Å². The third-order valence-corrected chi connectivity index (χ3v) is 5.06. The number of rotatable bonds is 8. The minimum absolute atomic E-state index is 0.0764. The summed E-state index contributed by atoms with van der Waals surface area (Å²) in [6.07, 6.45) is 2.85. The van der Waals surface area contributed by atoms with Gasteiger partial charge in [0.05, 0.1) is 11.0 Å². The van der Waals surface area contributed by atoms with Gasteiger partial charge in [-0.25, -0.2) is 8.78 Å². The fourth-order valence-corrected chi connectivity index (χ4v) is 3.63. The molecular formula is C21H25F2NS. The van der Waals surface area contributed by atoms with E-state index in [4.69, 9.17) is 12.2 Å². The molecule has 2 aromatic carbocycles. The first-order valence-corrected chi connectivity index (χ1v) is 9.19. The SMILES string of the molecule is CCCC(c1ccc(CC)cc1)C(C)(NC=S)c1ccc(F)c(F)c1. The molecule has 0 amide bonds. The van der Waals surface area contributed by atoms with E-state index in [1.165, 1.54) is 23.2 Å². The van der Waals surface area contributed by atoms with Crippen molar-refractivity contribution in [1.82, 2.24) is 5.32 Å². The molecule has 2 atom stereocenters. The minimum atomic E-state index is -0.841. The van der Waals surface area contributed by atoms with Gasteiger partial charge in [0.1, 0.15) is 0 Å². The van der Waals surface area contributed by atoms with E-state index >= 15 is 0 Å². The van der Waals surface area contributed by atoms with E-state index < -0.39 is 17.2 Å². The summed E-state index contributed by atoms with van der Waals surface area (Å²) in [5, 5.41) is 3.23. The Morgan fingerprint density at radius 3 is 2.28 bits per heavy atom. The van der Waals surface area contributed by atoms with Crippen LogP contribution >= 0.6 is 12.2 Å². The maximum Gasteiger partial charge on any atom is 0.159 e. The van der Waals surface area contributed by atoms with E-state index in [-0.39, 0.29) is 5.92 Å². The van der Waals surface area contributed by atoms with Gasteiger partial charge in [-0.05, 0) is 48.6 Å². The molecule has 0 fully saturated rings. The van der Waals surface area contributed by atoms with Crippen molar-refractivity contribution in [2.24, 2.45) is 0 Å². The molecule has 0 radical (unpaired) electrons. The monoisotopic (exact) mass is 361 g/mol. The molecule has 134 valence electrons. The van der Waals surface area contributed by atoms with Crippen molar-refractivity contribution in [3.63, 3.8) is 0 Å². The Hall–Kier alpha value is -1.81. The lowest BCUT2D eigenvalue weighted by molar-refractivity contribution is 0.329. The quantitative estimate of drug-likeness (QED) is 0.590. The molecule has 0 aromatic heterocycles. The predicted octanol–water partition coefficient (Wildman–Crippen LogP) is 5.87. The van der Waals surface area contributed by atoms with Crippen molar-refractivity contribution < 1.29 is 8.78 Å². The van der Waals surface area contributed by atoms with Crippen LogP contribution in [0.15, 0.2) is 42.5 Å². The lowest BCUT2D eigenvalue weighted by atomic mass is 9.73. The molecule has 1 nitrogen and oxygen atoms in total. The van der Waals surface area contributed by atoms with Gasteiger partial charge in [0.25, 0.3) is 0 Å². The highest BCUT2D eigenvalue weighted by Crippen LogP contribution is 2.40. The molecule has 25 heavy (non-hydrogen) atoms. The van der Waals surface area contributed by atoms with Crippen molar-refractivity contribution in [1.29, 1.82) is 0 Å². The van der Waals surface area contributed by atoms with Crippen molar-refractivity contribution in [3.05, 3.63) is 70.8 Å². The summed E-state index contributed by atoms with van der Waals surface area (Å²) >= 11 is 5.05. The van der Waals surface area contributed by atoms with Gasteiger partial charge in [0.2, 0.25) is 0 Å². The molecule has 4 heteroatoms. The van der Waals surface area contributed by atoms with Crippen molar-refractivity contribution in [2.75, 3.05) is 0 Å². The van der Waals surface area contributed by atoms with Gasteiger partial charge in [-0.15, -0.1) is 0 Å². The Morgan fingerprint density at radius 1 is 1.08 bits per heavy atom. The third kappa shape index (κ3) is 4.24. The molecule has 0 saturated heterocycles. The highest BCUT2D eigenvalue weighted by atomic mass is 32.1. The van der Waals surface area contributed by atoms with Gasteiger partial charge >= 0.3 is 0 Å². The molecule has 0 aliphatic carbocycles. The summed E-state index contributed by atoms with van der Waals surface area (Å²) in [4.78, 5) is 0. The van der Waals surface area contributed by atoms with E-state index in [1.54, 1.807) is 6.07 Å². The van der Waals surface area contributed by atoms with Crippen LogP contribution in [0.1, 0.15) is 56.2 Å². The van der Waals surface area contributed by atoms with Gasteiger partial charge < -0.3 is 5.32 Å². The molecular weight excluding hydrogens is 336 g/mol. The Balaban J connectivity index is 2.53. The minimum Gasteiger partial charge on any atom is -0.372 e. The zero-order valence-electron chi connectivity index (χ0n) is 15.0. The summed E-state index contributed by atoms with van der Waals surface area (Å²) in [6.45, 7) is 6.24. The Labute approximate surface area is 154 Å². The van der Waals surface area contributed by atoms with Crippen LogP contribution in [0.4, 0.5) is 8.78 Å². The summed E-state index contributed by atoms with van der Waals surface area (Å²) < 4.78 is 27.3. The van der Waals surface area contributed by atoms with E-state index in [0.29, 0.717) is 5.56 Å². The Morgan fingerprint density at radius 2 is 1.76 bits per heavy atom. The fraction of sp³-hybridized carbons (Fsp3) is 0.381. The normalized spacial score (nSPS) is 14.6. The first kappa shape index (κ1) is 19.5. The molecule has 2 aromatic rings. The van der Waals surface area contributed by atoms with E-state index in [2.05, 4.69) is 43.4 Å². The first-order chi connectivity index (χ1) is 12.0. The largest absolute Gasteiger partial charge is 0.372 e. The number of hydrogen-bond acceptors (Lipinski definition) is 1. The maximum atomic E-state index is 13.9. The predicted molar refractivity (Wildman–Crippen MR) is 104 cm³/mol. The van der Waals surface area contributed by atoms with Gasteiger partial charge in [-0.3, -0.25) is 0 Å². The molecule has 2 rings (SSSR count). The summed E-state index contributed by atoms with van der Waals surface area (Å²) in [5.74, 6) is -1.60. The van der Waals surface area contributed by atoms with Crippen LogP contribution in [0.25, 0.3) is 0 Å². The second-order valence-electron chi connectivity index (χ2n) is 6.53. The van der Waals surface area contributed by atoms with Crippen LogP contribution in [0.5, 0.6) is 0 Å².